The lowest BCUT2D eigenvalue weighted by atomic mass is 10.4. The normalized spacial score (nSPS) is 10.6. The first kappa shape index (κ1) is 12.7. The highest BCUT2D eigenvalue weighted by atomic mass is 32.1. The summed E-state index contributed by atoms with van der Waals surface area (Å²) in [6.45, 7) is 1.47. The molecule has 5 nitrogen and oxygen atoms in total. The van der Waals surface area contributed by atoms with Crippen LogP contribution in [0.2, 0.25) is 0 Å². The van der Waals surface area contributed by atoms with Crippen LogP contribution in [0.4, 0.5) is 0 Å². The minimum atomic E-state index is 0.485. The fraction of sp³-hybridized carbons (Fsp3) is 0.400. The average molecular weight is 241 g/mol. The smallest absolute Gasteiger partial charge is 0.186 e. The standard InChI is InChI=1S/C10H15N3O2S/c1-14-6-3-5-11-10(16)13-12-8-9-4-2-7-15-9/h2,4,7-8H,3,5-6H2,1H3,(H2,11,13,16). The second kappa shape index (κ2) is 7.84. The number of nitrogens with one attached hydrogen (secondary N) is 2. The van der Waals surface area contributed by atoms with Crippen molar-refractivity contribution in [2.75, 3.05) is 20.3 Å². The van der Waals surface area contributed by atoms with Gasteiger partial charge in [-0.1, -0.05) is 0 Å². The van der Waals surface area contributed by atoms with Gasteiger partial charge in [0.25, 0.3) is 0 Å². The van der Waals surface area contributed by atoms with E-state index >= 15 is 0 Å². The van der Waals surface area contributed by atoms with Crippen molar-refractivity contribution in [2.24, 2.45) is 5.10 Å². The Kier molecular flexibility index (Phi) is 6.20. The van der Waals surface area contributed by atoms with Crippen molar-refractivity contribution in [3.8, 4) is 0 Å². The Morgan fingerprint density at radius 2 is 2.56 bits per heavy atom. The third-order valence-electron chi connectivity index (χ3n) is 1.71. The molecule has 1 heterocycles. The fourth-order valence-electron chi connectivity index (χ4n) is 0.977. The van der Waals surface area contributed by atoms with Crippen LogP contribution in [0.3, 0.4) is 0 Å². The first-order valence-corrected chi connectivity index (χ1v) is 5.33. The van der Waals surface area contributed by atoms with Gasteiger partial charge in [-0.15, -0.1) is 0 Å². The van der Waals surface area contributed by atoms with E-state index in [1.807, 2.05) is 0 Å². The van der Waals surface area contributed by atoms with E-state index in [0.29, 0.717) is 17.5 Å². The van der Waals surface area contributed by atoms with E-state index in [2.05, 4.69) is 15.8 Å². The number of ether oxygens (including phenoxy) is 1. The van der Waals surface area contributed by atoms with Crippen LogP contribution in [0.25, 0.3) is 0 Å². The number of hydrazone groups is 1. The largest absolute Gasteiger partial charge is 0.463 e. The van der Waals surface area contributed by atoms with Crippen molar-refractivity contribution in [2.45, 2.75) is 6.42 Å². The Balaban J connectivity index is 2.10. The summed E-state index contributed by atoms with van der Waals surface area (Å²) < 4.78 is 9.97. The van der Waals surface area contributed by atoms with Gasteiger partial charge < -0.3 is 14.5 Å². The van der Waals surface area contributed by atoms with Gasteiger partial charge in [-0.25, -0.2) is 0 Å². The Morgan fingerprint density at radius 3 is 3.25 bits per heavy atom. The summed E-state index contributed by atoms with van der Waals surface area (Å²) in [4.78, 5) is 0. The monoisotopic (exact) mass is 241 g/mol. The molecular weight excluding hydrogens is 226 g/mol. The topological polar surface area (TPSA) is 58.8 Å². The van der Waals surface area contributed by atoms with E-state index in [4.69, 9.17) is 21.4 Å². The van der Waals surface area contributed by atoms with Gasteiger partial charge in [0.2, 0.25) is 0 Å². The molecule has 0 saturated carbocycles. The van der Waals surface area contributed by atoms with E-state index in [-0.39, 0.29) is 0 Å². The lowest BCUT2D eigenvalue weighted by molar-refractivity contribution is 0.195. The molecule has 16 heavy (non-hydrogen) atoms. The summed E-state index contributed by atoms with van der Waals surface area (Å²) in [7, 11) is 1.67. The quantitative estimate of drug-likeness (QED) is 0.338. The number of nitrogens with zero attached hydrogens (tertiary/aromatic N) is 1. The highest BCUT2D eigenvalue weighted by molar-refractivity contribution is 7.80. The summed E-state index contributed by atoms with van der Waals surface area (Å²) in [6.07, 6.45) is 4.05. The average Bonchev–Trinajstić information content (AvgIpc) is 2.77. The van der Waals surface area contributed by atoms with Crippen molar-refractivity contribution in [3.05, 3.63) is 24.2 Å². The zero-order valence-electron chi connectivity index (χ0n) is 9.10. The van der Waals surface area contributed by atoms with Crippen molar-refractivity contribution < 1.29 is 9.15 Å². The molecule has 2 N–H and O–H groups in total. The fourth-order valence-corrected chi connectivity index (χ4v) is 1.13. The minimum Gasteiger partial charge on any atom is -0.463 e. The van der Waals surface area contributed by atoms with Crippen LogP contribution >= 0.6 is 12.2 Å². The summed E-state index contributed by atoms with van der Waals surface area (Å²) >= 11 is 4.99. The molecule has 0 aromatic carbocycles. The zero-order valence-corrected chi connectivity index (χ0v) is 9.92. The minimum absolute atomic E-state index is 0.485. The van der Waals surface area contributed by atoms with Crippen molar-refractivity contribution in [1.82, 2.24) is 10.7 Å². The van der Waals surface area contributed by atoms with Gasteiger partial charge in [0.1, 0.15) is 5.76 Å². The van der Waals surface area contributed by atoms with Crippen LogP contribution < -0.4 is 10.7 Å². The van der Waals surface area contributed by atoms with E-state index < -0.39 is 0 Å². The number of rotatable bonds is 6. The van der Waals surface area contributed by atoms with Crippen molar-refractivity contribution in [3.63, 3.8) is 0 Å². The molecule has 6 heteroatoms. The first-order chi connectivity index (χ1) is 7.83. The van der Waals surface area contributed by atoms with Crippen LogP contribution in [0.1, 0.15) is 12.2 Å². The van der Waals surface area contributed by atoms with Gasteiger partial charge in [0.15, 0.2) is 5.11 Å². The van der Waals surface area contributed by atoms with Crippen molar-refractivity contribution >= 4 is 23.5 Å². The van der Waals surface area contributed by atoms with Crippen LogP contribution in [0.15, 0.2) is 27.9 Å². The molecule has 0 aliphatic carbocycles. The molecule has 0 fully saturated rings. The van der Waals surface area contributed by atoms with E-state index in [1.54, 1.807) is 31.7 Å². The van der Waals surface area contributed by atoms with Gasteiger partial charge in [-0.2, -0.15) is 5.10 Å². The summed E-state index contributed by atoms with van der Waals surface area (Å²) in [5.74, 6) is 0.676. The molecule has 0 amide bonds. The zero-order chi connectivity index (χ0) is 11.6. The van der Waals surface area contributed by atoms with Crippen LogP contribution in [0.5, 0.6) is 0 Å². The highest BCUT2D eigenvalue weighted by Crippen LogP contribution is 1.94. The maximum atomic E-state index is 5.06. The Bertz CT molecular complexity index is 325. The second-order valence-electron chi connectivity index (χ2n) is 2.99. The van der Waals surface area contributed by atoms with Gasteiger partial charge in [0, 0.05) is 20.3 Å². The lowest BCUT2D eigenvalue weighted by Gasteiger charge is -2.05. The van der Waals surface area contributed by atoms with Crippen LogP contribution in [-0.4, -0.2) is 31.6 Å². The van der Waals surface area contributed by atoms with E-state index in [1.165, 1.54) is 0 Å². The van der Waals surface area contributed by atoms with E-state index in [0.717, 1.165) is 13.0 Å². The molecule has 0 aliphatic heterocycles. The second-order valence-corrected chi connectivity index (χ2v) is 3.40. The maximum Gasteiger partial charge on any atom is 0.186 e. The van der Waals surface area contributed by atoms with Gasteiger partial charge >= 0.3 is 0 Å². The number of hydrogen-bond acceptors (Lipinski definition) is 4. The van der Waals surface area contributed by atoms with Crippen molar-refractivity contribution in [1.29, 1.82) is 0 Å². The predicted molar refractivity (Wildman–Crippen MR) is 66.5 cm³/mol. The predicted octanol–water partition coefficient (Wildman–Crippen LogP) is 1.11. The molecular formula is C10H15N3O2S. The Labute approximate surface area is 99.9 Å². The molecule has 88 valence electrons. The summed E-state index contributed by atoms with van der Waals surface area (Å²) in [5.41, 5.74) is 2.69. The molecule has 0 spiro atoms. The highest BCUT2D eigenvalue weighted by Gasteiger charge is 1.92. The van der Waals surface area contributed by atoms with Crippen LogP contribution in [-0.2, 0) is 4.74 Å². The number of hydrogen-bond donors (Lipinski definition) is 2. The van der Waals surface area contributed by atoms with E-state index in [9.17, 15) is 0 Å². The Hall–Kier alpha value is -1.40. The number of furan rings is 1. The molecule has 0 saturated heterocycles. The molecule has 0 radical (unpaired) electrons. The Morgan fingerprint density at radius 1 is 1.69 bits per heavy atom. The molecule has 1 rings (SSSR count). The number of thiocarbonyl (C=S) groups is 1. The lowest BCUT2D eigenvalue weighted by Crippen LogP contribution is -2.33. The molecule has 0 aliphatic rings. The third-order valence-corrected chi connectivity index (χ3v) is 1.95. The van der Waals surface area contributed by atoms with Gasteiger partial charge in [0.05, 0.1) is 12.5 Å². The number of methoxy groups -OCH3 is 1. The SMILES string of the molecule is COCCCNC(=S)NN=Cc1ccco1. The third kappa shape index (κ3) is 5.47. The maximum absolute atomic E-state index is 5.06. The molecule has 0 unspecified atom stereocenters. The molecule has 1 aromatic rings. The van der Waals surface area contributed by atoms with Crippen LogP contribution in [0, 0.1) is 0 Å². The summed E-state index contributed by atoms with van der Waals surface area (Å²) in [6, 6.07) is 3.60. The van der Waals surface area contributed by atoms with Gasteiger partial charge in [-0.05, 0) is 30.8 Å². The molecule has 1 aromatic heterocycles. The van der Waals surface area contributed by atoms with Gasteiger partial charge in [-0.3, -0.25) is 5.43 Å². The molecule has 0 atom stereocenters. The molecule has 0 bridgehead atoms. The summed E-state index contributed by atoms with van der Waals surface area (Å²) in [5, 5.41) is 7.39. The first-order valence-electron chi connectivity index (χ1n) is 4.92.